The number of aromatic nitrogens is 4. The number of nitrogens with zero attached hydrogens (tertiary/aromatic N) is 4. The van der Waals surface area contributed by atoms with E-state index in [1.165, 1.54) is 12.1 Å². The lowest BCUT2D eigenvalue weighted by Gasteiger charge is -2.24. The van der Waals surface area contributed by atoms with Crippen LogP contribution in [0.2, 0.25) is 5.28 Å². The number of nitrogens with one attached hydrogen (secondary N) is 1. The van der Waals surface area contributed by atoms with Gasteiger partial charge < -0.3 is 24.1 Å². The number of hydrogen-bond donors (Lipinski definition) is 1. The number of benzene rings is 1. The molecule has 5 atom stereocenters. The molecular formula is C24H25ClFN5O4. The van der Waals surface area contributed by atoms with Crippen LogP contribution >= 0.6 is 11.6 Å². The van der Waals surface area contributed by atoms with Crippen molar-refractivity contribution >= 4 is 34.6 Å². The third-order valence-corrected chi connectivity index (χ3v) is 7.33. The van der Waals surface area contributed by atoms with E-state index < -0.39 is 17.3 Å². The zero-order valence-electron chi connectivity index (χ0n) is 19.5. The summed E-state index contributed by atoms with van der Waals surface area (Å²) in [7, 11) is 0. The largest absolute Gasteiger partial charge is 0.465 e. The zero-order chi connectivity index (χ0) is 24.5. The summed E-state index contributed by atoms with van der Waals surface area (Å²) >= 11 is 6.30. The molecule has 3 aliphatic rings. The van der Waals surface area contributed by atoms with Gasteiger partial charge in [0.15, 0.2) is 22.8 Å². The minimum atomic E-state index is -0.832. The summed E-state index contributed by atoms with van der Waals surface area (Å²) in [6.45, 7) is 6.13. The maximum absolute atomic E-state index is 13.6. The van der Waals surface area contributed by atoms with Gasteiger partial charge in [-0.2, -0.15) is 9.97 Å². The van der Waals surface area contributed by atoms with E-state index >= 15 is 0 Å². The maximum Gasteiger partial charge on any atom is 0.315 e. The number of carbonyl (C=O) groups is 1. The quantitative estimate of drug-likeness (QED) is 0.401. The maximum atomic E-state index is 13.6. The molecule has 9 nitrogen and oxygen atoms in total. The summed E-state index contributed by atoms with van der Waals surface area (Å²) in [4.78, 5) is 26.4. The minimum absolute atomic E-state index is 0.0394. The van der Waals surface area contributed by atoms with Gasteiger partial charge in [-0.05, 0) is 56.5 Å². The molecular weight excluding hydrogens is 477 g/mol. The van der Waals surface area contributed by atoms with Crippen LogP contribution in [0.5, 0.6) is 0 Å². The second kappa shape index (κ2) is 7.84. The molecule has 0 amide bonds. The fourth-order valence-electron chi connectivity index (χ4n) is 5.76. The molecule has 3 fully saturated rings. The molecule has 0 radical (unpaired) electrons. The number of halogens is 2. The Balaban J connectivity index is 1.36. The predicted octanol–water partition coefficient (Wildman–Crippen LogP) is 3.88. The fraction of sp³-hybridized carbons (Fsp3) is 0.500. The Labute approximate surface area is 205 Å². The van der Waals surface area contributed by atoms with Crippen molar-refractivity contribution in [3.05, 3.63) is 47.3 Å². The van der Waals surface area contributed by atoms with E-state index in [0.29, 0.717) is 36.6 Å². The molecule has 1 N–H and O–H groups in total. The molecule has 2 aromatic heterocycles. The van der Waals surface area contributed by atoms with Crippen molar-refractivity contribution in [2.75, 3.05) is 11.9 Å². The van der Waals surface area contributed by atoms with Crippen LogP contribution in [0.4, 0.5) is 10.2 Å². The average molecular weight is 502 g/mol. The van der Waals surface area contributed by atoms with Crippen LogP contribution in [0.15, 0.2) is 30.6 Å². The lowest BCUT2D eigenvalue weighted by atomic mass is 9.99. The molecule has 6 rings (SSSR count). The Hall–Kier alpha value is -2.82. The molecule has 0 unspecified atom stereocenters. The topological polar surface area (TPSA) is 100 Å². The van der Waals surface area contributed by atoms with Gasteiger partial charge in [-0.25, -0.2) is 9.37 Å². The summed E-state index contributed by atoms with van der Waals surface area (Å²) < 4.78 is 33.4. The van der Waals surface area contributed by atoms with E-state index in [4.69, 9.17) is 25.8 Å². The molecule has 1 aromatic carbocycles. The highest BCUT2D eigenvalue weighted by atomic mass is 35.5. The van der Waals surface area contributed by atoms with E-state index in [0.717, 1.165) is 5.56 Å². The number of imidazole rings is 1. The highest BCUT2D eigenvalue weighted by Gasteiger charge is 2.80. The van der Waals surface area contributed by atoms with Crippen LogP contribution < -0.4 is 5.32 Å². The van der Waals surface area contributed by atoms with Crippen molar-refractivity contribution in [2.24, 2.45) is 11.3 Å². The average Bonchev–Trinajstić information content (AvgIpc) is 3.13. The van der Waals surface area contributed by atoms with Gasteiger partial charge in [-0.3, -0.25) is 4.79 Å². The summed E-state index contributed by atoms with van der Waals surface area (Å²) in [5.41, 5.74) is 1.05. The number of fused-ring (bicyclic) bond motifs is 4. The van der Waals surface area contributed by atoms with E-state index in [1.807, 2.05) is 24.5 Å². The van der Waals surface area contributed by atoms with Gasteiger partial charge in [0.1, 0.15) is 23.4 Å². The molecule has 1 aliphatic heterocycles. The standard InChI is InChI=1S/C24H25ClFN5O4/c1-4-33-21(32)24-9-14(24)16(17-18(24)35-23(2,3)34-17)31-11-28-15-19(29-22(25)30-20(15)31)27-10-12-6-5-7-13(26)8-12/h5-8,11,14,16-18H,4,9-10H2,1-3H3,(H,27,29,30)/t14-,16-,17+,18+,24+/m1/s1. The number of ether oxygens (including phenoxy) is 3. The Kier molecular flexibility index (Phi) is 5.07. The predicted molar refractivity (Wildman–Crippen MR) is 124 cm³/mol. The second-order valence-corrected chi connectivity index (χ2v) is 10.1. The van der Waals surface area contributed by atoms with Gasteiger partial charge >= 0.3 is 5.97 Å². The zero-order valence-corrected chi connectivity index (χ0v) is 20.3. The summed E-state index contributed by atoms with van der Waals surface area (Å²) in [6.07, 6.45) is 1.52. The highest BCUT2D eigenvalue weighted by molar-refractivity contribution is 6.28. The Bertz CT molecular complexity index is 1330. The Morgan fingerprint density at radius 1 is 1.34 bits per heavy atom. The summed E-state index contributed by atoms with van der Waals surface area (Å²) in [5, 5.41) is 3.24. The van der Waals surface area contributed by atoms with Gasteiger partial charge in [0.2, 0.25) is 5.28 Å². The van der Waals surface area contributed by atoms with E-state index in [-0.39, 0.29) is 35.1 Å². The second-order valence-electron chi connectivity index (χ2n) is 9.73. The van der Waals surface area contributed by atoms with Gasteiger partial charge in [0.05, 0.1) is 19.0 Å². The van der Waals surface area contributed by atoms with Crippen LogP contribution in [-0.4, -0.2) is 50.1 Å². The smallest absolute Gasteiger partial charge is 0.315 e. The van der Waals surface area contributed by atoms with Crippen LogP contribution in [0.1, 0.15) is 38.8 Å². The van der Waals surface area contributed by atoms with Crippen molar-refractivity contribution in [2.45, 2.75) is 57.8 Å². The lowest BCUT2D eigenvalue weighted by molar-refractivity contribution is -0.172. The lowest BCUT2D eigenvalue weighted by Crippen LogP contribution is -2.36. The van der Waals surface area contributed by atoms with Gasteiger partial charge in [-0.15, -0.1) is 0 Å². The van der Waals surface area contributed by atoms with Crippen molar-refractivity contribution in [1.82, 2.24) is 19.5 Å². The molecule has 0 spiro atoms. The SMILES string of the molecule is CCOC(=O)[C@@]12C[C@@H]1[C@@H](n1cnc3c(NCc4cccc(F)c4)nc(Cl)nc31)[C@@H]1OC(C)(C)O[C@@H]12. The molecule has 0 bridgehead atoms. The van der Waals surface area contributed by atoms with E-state index in [1.54, 1.807) is 19.3 Å². The van der Waals surface area contributed by atoms with Crippen molar-refractivity contribution in [1.29, 1.82) is 0 Å². The first kappa shape index (κ1) is 22.6. The summed E-state index contributed by atoms with van der Waals surface area (Å²) in [5.74, 6) is -0.998. The molecule has 3 heterocycles. The molecule has 2 aliphatic carbocycles. The normalized spacial score (nSPS) is 30.2. The summed E-state index contributed by atoms with van der Waals surface area (Å²) in [6, 6.07) is 6.07. The molecule has 35 heavy (non-hydrogen) atoms. The highest BCUT2D eigenvalue weighted by Crippen LogP contribution is 2.72. The van der Waals surface area contributed by atoms with Gasteiger partial charge in [0, 0.05) is 12.5 Å². The fourth-order valence-corrected chi connectivity index (χ4v) is 5.92. The minimum Gasteiger partial charge on any atom is -0.465 e. The van der Waals surface area contributed by atoms with Crippen molar-refractivity contribution < 1.29 is 23.4 Å². The number of rotatable bonds is 6. The number of esters is 1. The Morgan fingerprint density at radius 3 is 2.94 bits per heavy atom. The first-order valence-corrected chi connectivity index (χ1v) is 12.0. The molecule has 1 saturated heterocycles. The van der Waals surface area contributed by atoms with Crippen LogP contribution in [0.3, 0.4) is 0 Å². The van der Waals surface area contributed by atoms with Crippen molar-refractivity contribution in [3.63, 3.8) is 0 Å². The molecule has 2 saturated carbocycles. The molecule has 3 aromatic rings. The van der Waals surface area contributed by atoms with E-state index in [9.17, 15) is 9.18 Å². The third kappa shape index (κ3) is 3.49. The monoisotopic (exact) mass is 501 g/mol. The molecule has 184 valence electrons. The van der Waals surface area contributed by atoms with Gasteiger partial charge in [0.25, 0.3) is 0 Å². The molecule has 11 heteroatoms. The number of hydrogen-bond acceptors (Lipinski definition) is 8. The number of anilines is 1. The van der Waals surface area contributed by atoms with Crippen molar-refractivity contribution in [3.8, 4) is 0 Å². The van der Waals surface area contributed by atoms with Gasteiger partial charge in [-0.1, -0.05) is 12.1 Å². The number of carbonyl (C=O) groups excluding carboxylic acids is 1. The first-order valence-electron chi connectivity index (χ1n) is 11.6. The van der Waals surface area contributed by atoms with Crippen LogP contribution in [-0.2, 0) is 25.5 Å². The van der Waals surface area contributed by atoms with E-state index in [2.05, 4.69) is 20.3 Å². The third-order valence-electron chi connectivity index (χ3n) is 7.16. The van der Waals surface area contributed by atoms with Crippen LogP contribution in [0, 0.1) is 17.2 Å². The van der Waals surface area contributed by atoms with Crippen LogP contribution in [0.25, 0.3) is 11.2 Å². The first-order chi connectivity index (χ1) is 16.7. The Morgan fingerprint density at radius 2 is 2.17 bits per heavy atom.